The summed E-state index contributed by atoms with van der Waals surface area (Å²) in [6.07, 6.45) is 5.46. The van der Waals surface area contributed by atoms with Crippen LogP contribution in [0.3, 0.4) is 0 Å². The summed E-state index contributed by atoms with van der Waals surface area (Å²) in [6, 6.07) is 4.97. The second kappa shape index (κ2) is 7.24. The van der Waals surface area contributed by atoms with E-state index in [4.69, 9.17) is 0 Å². The van der Waals surface area contributed by atoms with Gasteiger partial charge in [-0.3, -0.25) is 9.59 Å². The molecule has 0 atom stereocenters. The molecule has 1 amide bonds. The minimum Gasteiger partial charge on any atom is -0.393 e. The van der Waals surface area contributed by atoms with Crippen LogP contribution in [0.2, 0.25) is 0 Å². The summed E-state index contributed by atoms with van der Waals surface area (Å²) in [5.41, 5.74) is -0.0819. The zero-order chi connectivity index (χ0) is 14.4. The second-order valence-electron chi connectivity index (χ2n) is 5.46. The van der Waals surface area contributed by atoms with Gasteiger partial charge in [0.25, 0.3) is 5.56 Å². The van der Waals surface area contributed by atoms with Crippen molar-refractivity contribution in [1.29, 1.82) is 0 Å². The van der Waals surface area contributed by atoms with Gasteiger partial charge in [0, 0.05) is 31.8 Å². The Morgan fingerprint density at radius 1 is 1.30 bits per heavy atom. The van der Waals surface area contributed by atoms with Crippen LogP contribution in [-0.4, -0.2) is 28.2 Å². The topological polar surface area (TPSA) is 71.3 Å². The molecular formula is C15H22N2O3. The van der Waals surface area contributed by atoms with Gasteiger partial charge in [0.05, 0.1) is 6.10 Å². The summed E-state index contributed by atoms with van der Waals surface area (Å²) in [4.78, 5) is 23.2. The Morgan fingerprint density at radius 2 is 2.05 bits per heavy atom. The highest BCUT2D eigenvalue weighted by Gasteiger charge is 2.19. The maximum atomic E-state index is 11.8. The summed E-state index contributed by atoms with van der Waals surface area (Å²) in [6.45, 7) is 1.09. The van der Waals surface area contributed by atoms with Crippen molar-refractivity contribution in [2.24, 2.45) is 5.92 Å². The molecular weight excluding hydrogens is 256 g/mol. The average molecular weight is 278 g/mol. The first kappa shape index (κ1) is 14.8. The SMILES string of the molecule is O=C(CCn1ccccc1=O)NCC1CCC(O)CC1. The van der Waals surface area contributed by atoms with E-state index in [-0.39, 0.29) is 17.6 Å². The lowest BCUT2D eigenvalue weighted by atomic mass is 9.87. The molecule has 110 valence electrons. The maximum absolute atomic E-state index is 11.8. The molecule has 5 heteroatoms. The molecule has 1 aromatic rings. The molecule has 0 bridgehead atoms. The third kappa shape index (κ3) is 4.49. The smallest absolute Gasteiger partial charge is 0.250 e. The van der Waals surface area contributed by atoms with Crippen LogP contribution in [0.4, 0.5) is 0 Å². The van der Waals surface area contributed by atoms with Gasteiger partial charge in [-0.15, -0.1) is 0 Å². The number of hydrogen-bond acceptors (Lipinski definition) is 3. The lowest BCUT2D eigenvalue weighted by Gasteiger charge is -2.25. The van der Waals surface area contributed by atoms with Gasteiger partial charge in [0.15, 0.2) is 0 Å². The standard InChI is InChI=1S/C15H22N2O3/c18-13-6-4-12(5-7-13)11-16-14(19)8-10-17-9-2-1-3-15(17)20/h1-3,9,12-13,18H,4-8,10-11H2,(H,16,19). The Hall–Kier alpha value is -1.62. The summed E-state index contributed by atoms with van der Waals surface area (Å²) in [5, 5.41) is 12.3. The van der Waals surface area contributed by atoms with Crippen molar-refractivity contribution in [2.75, 3.05) is 6.54 Å². The van der Waals surface area contributed by atoms with Crippen molar-refractivity contribution >= 4 is 5.91 Å². The van der Waals surface area contributed by atoms with Crippen LogP contribution in [0.25, 0.3) is 0 Å². The Balaban J connectivity index is 1.68. The summed E-state index contributed by atoms with van der Waals surface area (Å²) < 4.78 is 1.54. The van der Waals surface area contributed by atoms with E-state index in [1.807, 2.05) is 0 Å². The molecule has 0 spiro atoms. The quantitative estimate of drug-likeness (QED) is 0.841. The largest absolute Gasteiger partial charge is 0.393 e. The molecule has 0 unspecified atom stereocenters. The number of aliphatic hydroxyl groups is 1. The van der Waals surface area contributed by atoms with Crippen LogP contribution in [0.15, 0.2) is 29.2 Å². The molecule has 1 heterocycles. The molecule has 1 aromatic heterocycles. The summed E-state index contributed by atoms with van der Waals surface area (Å²) in [7, 11) is 0. The van der Waals surface area contributed by atoms with E-state index in [1.54, 1.807) is 18.3 Å². The molecule has 1 aliphatic carbocycles. The van der Waals surface area contributed by atoms with Gasteiger partial charge < -0.3 is 15.0 Å². The lowest BCUT2D eigenvalue weighted by molar-refractivity contribution is -0.121. The van der Waals surface area contributed by atoms with E-state index in [0.29, 0.717) is 25.4 Å². The zero-order valence-corrected chi connectivity index (χ0v) is 11.6. The first-order chi connectivity index (χ1) is 9.65. The fraction of sp³-hybridized carbons (Fsp3) is 0.600. The van der Waals surface area contributed by atoms with Crippen LogP contribution in [0.1, 0.15) is 32.1 Å². The van der Waals surface area contributed by atoms with Crippen LogP contribution in [0.5, 0.6) is 0 Å². The summed E-state index contributed by atoms with van der Waals surface area (Å²) >= 11 is 0. The van der Waals surface area contributed by atoms with Crippen LogP contribution < -0.4 is 10.9 Å². The van der Waals surface area contributed by atoms with Crippen LogP contribution in [-0.2, 0) is 11.3 Å². The zero-order valence-electron chi connectivity index (χ0n) is 11.6. The van der Waals surface area contributed by atoms with Crippen molar-refractivity contribution in [1.82, 2.24) is 9.88 Å². The predicted molar refractivity (Wildman–Crippen MR) is 76.3 cm³/mol. The van der Waals surface area contributed by atoms with Crippen molar-refractivity contribution in [3.05, 3.63) is 34.7 Å². The fourth-order valence-electron chi connectivity index (χ4n) is 2.56. The van der Waals surface area contributed by atoms with Crippen LogP contribution in [0, 0.1) is 5.92 Å². The summed E-state index contributed by atoms with van der Waals surface area (Å²) in [5.74, 6) is 0.452. The highest BCUT2D eigenvalue weighted by atomic mass is 16.3. The fourth-order valence-corrected chi connectivity index (χ4v) is 2.56. The van der Waals surface area contributed by atoms with E-state index < -0.39 is 0 Å². The number of pyridine rings is 1. The Labute approximate surface area is 118 Å². The van der Waals surface area contributed by atoms with Gasteiger partial charge >= 0.3 is 0 Å². The van der Waals surface area contributed by atoms with Gasteiger partial charge in [-0.25, -0.2) is 0 Å². The number of carbonyl (C=O) groups is 1. The van der Waals surface area contributed by atoms with Gasteiger partial charge in [-0.05, 0) is 37.7 Å². The van der Waals surface area contributed by atoms with Crippen LogP contribution >= 0.6 is 0 Å². The molecule has 1 fully saturated rings. The Kier molecular flexibility index (Phi) is 5.35. The van der Waals surface area contributed by atoms with E-state index >= 15 is 0 Å². The minimum absolute atomic E-state index is 0.0214. The highest BCUT2D eigenvalue weighted by molar-refractivity contribution is 5.75. The average Bonchev–Trinajstić information content (AvgIpc) is 2.46. The number of nitrogens with one attached hydrogen (secondary N) is 1. The Bertz CT molecular complexity index is 490. The normalized spacial score (nSPS) is 22.4. The maximum Gasteiger partial charge on any atom is 0.250 e. The van der Waals surface area contributed by atoms with Gasteiger partial charge in [-0.1, -0.05) is 6.07 Å². The molecule has 1 saturated carbocycles. The van der Waals surface area contributed by atoms with Gasteiger partial charge in [-0.2, -0.15) is 0 Å². The molecule has 2 rings (SSSR count). The number of aryl methyl sites for hydroxylation is 1. The molecule has 0 saturated heterocycles. The first-order valence-electron chi connectivity index (χ1n) is 7.25. The van der Waals surface area contributed by atoms with Crippen molar-refractivity contribution in [2.45, 2.75) is 44.8 Å². The van der Waals surface area contributed by atoms with Crippen molar-refractivity contribution < 1.29 is 9.90 Å². The monoisotopic (exact) mass is 278 g/mol. The van der Waals surface area contributed by atoms with Gasteiger partial charge in [0.1, 0.15) is 0 Å². The number of rotatable bonds is 5. The number of aromatic nitrogens is 1. The molecule has 20 heavy (non-hydrogen) atoms. The highest BCUT2D eigenvalue weighted by Crippen LogP contribution is 2.23. The number of aliphatic hydroxyl groups excluding tert-OH is 1. The van der Waals surface area contributed by atoms with Gasteiger partial charge in [0.2, 0.25) is 5.91 Å². The first-order valence-corrected chi connectivity index (χ1v) is 7.25. The molecule has 0 aliphatic heterocycles. The third-order valence-corrected chi connectivity index (χ3v) is 3.88. The van der Waals surface area contributed by atoms with Crippen molar-refractivity contribution in [3.8, 4) is 0 Å². The molecule has 2 N–H and O–H groups in total. The van der Waals surface area contributed by atoms with E-state index in [2.05, 4.69) is 5.32 Å². The Morgan fingerprint density at radius 3 is 2.75 bits per heavy atom. The van der Waals surface area contributed by atoms with E-state index in [1.165, 1.54) is 10.6 Å². The second-order valence-corrected chi connectivity index (χ2v) is 5.46. The molecule has 0 radical (unpaired) electrons. The predicted octanol–water partition coefficient (Wildman–Crippen LogP) is 0.906. The van der Waals surface area contributed by atoms with E-state index in [9.17, 15) is 14.7 Å². The minimum atomic E-state index is -0.160. The molecule has 1 aliphatic rings. The number of nitrogens with zero attached hydrogens (tertiary/aromatic N) is 1. The number of amides is 1. The number of hydrogen-bond donors (Lipinski definition) is 2. The third-order valence-electron chi connectivity index (χ3n) is 3.88. The molecule has 5 nitrogen and oxygen atoms in total. The number of carbonyl (C=O) groups excluding carboxylic acids is 1. The molecule has 0 aromatic carbocycles. The van der Waals surface area contributed by atoms with Crippen molar-refractivity contribution in [3.63, 3.8) is 0 Å². The lowest BCUT2D eigenvalue weighted by Crippen LogP contribution is -2.33. The van der Waals surface area contributed by atoms with E-state index in [0.717, 1.165) is 25.7 Å².